The van der Waals surface area contributed by atoms with Gasteiger partial charge in [-0.1, -0.05) is 42.5 Å². The number of nitrogens with one attached hydrogen (secondary N) is 3. The van der Waals surface area contributed by atoms with E-state index in [4.69, 9.17) is 16.2 Å². The van der Waals surface area contributed by atoms with Gasteiger partial charge in [0.25, 0.3) is 0 Å². The van der Waals surface area contributed by atoms with Gasteiger partial charge in [0.1, 0.15) is 0 Å². The van der Waals surface area contributed by atoms with Gasteiger partial charge in [-0.3, -0.25) is 5.41 Å². The lowest BCUT2D eigenvalue weighted by molar-refractivity contribution is 0.951. The van der Waals surface area contributed by atoms with Crippen LogP contribution in [-0.4, -0.2) is 12.4 Å². The molecule has 2 rings (SSSR count). The molecule has 24 heavy (non-hydrogen) atoms. The number of benzene rings is 2. The standard InChI is InChI=1S/C19H19N5/c1-14(13-20)6-5-11-23-18-10-9-16(19(21)24-22)12-17(18)15-7-3-2-4-8-15/h2-10,12,14,21-23H,11H2,1H3/b6-5+,21-19?,24-22?. The second-order valence-corrected chi connectivity index (χ2v) is 5.31. The zero-order valence-corrected chi connectivity index (χ0v) is 13.5. The van der Waals surface area contributed by atoms with Crippen LogP contribution in [0, 0.1) is 28.2 Å². The number of hydrogen-bond acceptors (Lipinski definition) is 4. The van der Waals surface area contributed by atoms with E-state index in [1.807, 2.05) is 61.5 Å². The monoisotopic (exact) mass is 317 g/mol. The Labute approximate surface area is 141 Å². The van der Waals surface area contributed by atoms with Gasteiger partial charge in [0.2, 0.25) is 0 Å². The number of allylic oxidation sites excluding steroid dienone is 1. The average Bonchev–Trinajstić information content (AvgIpc) is 2.65. The Morgan fingerprint density at radius 3 is 2.71 bits per heavy atom. The van der Waals surface area contributed by atoms with E-state index in [1.165, 1.54) is 0 Å². The zero-order valence-electron chi connectivity index (χ0n) is 13.5. The number of anilines is 1. The maximum absolute atomic E-state index is 8.78. The number of rotatable bonds is 6. The minimum absolute atomic E-state index is 0.0681. The van der Waals surface area contributed by atoms with Crippen LogP contribution in [-0.2, 0) is 0 Å². The summed E-state index contributed by atoms with van der Waals surface area (Å²) in [4.78, 5) is 0. The molecule has 0 aliphatic rings. The van der Waals surface area contributed by atoms with Gasteiger partial charge in [-0.25, -0.2) is 5.53 Å². The molecule has 0 saturated heterocycles. The minimum Gasteiger partial charge on any atom is -0.381 e. The summed E-state index contributed by atoms with van der Waals surface area (Å²) in [7, 11) is 0. The molecular formula is C19H19N5. The first-order valence-electron chi connectivity index (χ1n) is 7.61. The normalized spacial score (nSPS) is 11.7. The zero-order chi connectivity index (χ0) is 17.4. The molecule has 3 N–H and O–H groups in total. The molecule has 5 nitrogen and oxygen atoms in total. The molecule has 0 aliphatic carbocycles. The van der Waals surface area contributed by atoms with Crippen LogP contribution < -0.4 is 5.32 Å². The first kappa shape index (κ1) is 17.1. The van der Waals surface area contributed by atoms with Gasteiger partial charge in [-0.15, -0.1) is 5.11 Å². The summed E-state index contributed by atoms with van der Waals surface area (Å²) in [6.45, 7) is 2.45. The van der Waals surface area contributed by atoms with Crippen LogP contribution in [0.15, 0.2) is 65.8 Å². The highest BCUT2D eigenvalue weighted by molar-refractivity contribution is 5.98. The second-order valence-electron chi connectivity index (χ2n) is 5.31. The lowest BCUT2D eigenvalue weighted by atomic mass is 10.0. The molecule has 120 valence electrons. The molecule has 1 unspecified atom stereocenters. The molecule has 1 atom stereocenters. The van der Waals surface area contributed by atoms with Crippen molar-refractivity contribution in [3.05, 3.63) is 66.2 Å². The van der Waals surface area contributed by atoms with Gasteiger partial charge >= 0.3 is 0 Å². The first-order valence-corrected chi connectivity index (χ1v) is 7.61. The van der Waals surface area contributed by atoms with Gasteiger partial charge in [-0.05, 0) is 30.7 Å². The molecule has 5 heteroatoms. The third-order valence-corrected chi connectivity index (χ3v) is 3.53. The maximum atomic E-state index is 8.78. The molecule has 0 bridgehead atoms. The van der Waals surface area contributed by atoms with Crippen molar-refractivity contribution in [3.8, 4) is 17.2 Å². The lowest BCUT2D eigenvalue weighted by Crippen LogP contribution is -2.02. The van der Waals surface area contributed by atoms with Crippen LogP contribution in [0.1, 0.15) is 12.5 Å². The number of hydrogen-bond donors (Lipinski definition) is 3. The maximum Gasteiger partial charge on any atom is 0.173 e. The van der Waals surface area contributed by atoms with E-state index in [2.05, 4.69) is 16.5 Å². The smallest absolute Gasteiger partial charge is 0.173 e. The van der Waals surface area contributed by atoms with E-state index >= 15 is 0 Å². The SMILES string of the molecule is CC(C#N)/C=C/CNc1ccc(C(=N)N=N)cc1-c1ccccc1. The predicted molar refractivity (Wildman–Crippen MR) is 96.3 cm³/mol. The summed E-state index contributed by atoms with van der Waals surface area (Å²) < 4.78 is 0. The lowest BCUT2D eigenvalue weighted by Gasteiger charge is -2.13. The van der Waals surface area contributed by atoms with Crippen molar-refractivity contribution >= 4 is 11.5 Å². The molecule has 2 aromatic carbocycles. The molecule has 0 aromatic heterocycles. The summed E-state index contributed by atoms with van der Waals surface area (Å²) in [6.07, 6.45) is 3.79. The van der Waals surface area contributed by atoms with E-state index < -0.39 is 0 Å². The molecule has 0 saturated carbocycles. The highest BCUT2D eigenvalue weighted by Gasteiger charge is 2.08. The fourth-order valence-electron chi connectivity index (χ4n) is 2.25. The third kappa shape index (κ3) is 4.37. The summed E-state index contributed by atoms with van der Waals surface area (Å²) in [5.41, 5.74) is 10.5. The Morgan fingerprint density at radius 1 is 1.29 bits per heavy atom. The predicted octanol–water partition coefficient (Wildman–Crippen LogP) is 4.84. The topological polar surface area (TPSA) is 95.9 Å². The minimum atomic E-state index is -0.109. The van der Waals surface area contributed by atoms with Crippen LogP contribution in [0.25, 0.3) is 11.1 Å². The first-order chi connectivity index (χ1) is 11.7. The average molecular weight is 317 g/mol. The van der Waals surface area contributed by atoms with Crippen molar-refractivity contribution in [3.63, 3.8) is 0 Å². The van der Waals surface area contributed by atoms with Crippen LogP contribution >= 0.6 is 0 Å². The van der Waals surface area contributed by atoms with E-state index in [1.54, 1.807) is 6.07 Å². The highest BCUT2D eigenvalue weighted by Crippen LogP contribution is 2.29. The van der Waals surface area contributed by atoms with Gasteiger partial charge < -0.3 is 5.32 Å². The molecule has 0 fully saturated rings. The van der Waals surface area contributed by atoms with E-state index in [9.17, 15) is 0 Å². The summed E-state index contributed by atoms with van der Waals surface area (Å²) in [5.74, 6) is -0.177. The molecule has 0 heterocycles. The molecule has 2 aromatic rings. The van der Waals surface area contributed by atoms with Crippen molar-refractivity contribution < 1.29 is 0 Å². The summed E-state index contributed by atoms with van der Waals surface area (Å²) in [6, 6.07) is 17.6. The Hall–Kier alpha value is -3.26. The summed E-state index contributed by atoms with van der Waals surface area (Å²) in [5, 5.41) is 23.0. The molecule has 0 radical (unpaired) electrons. The molecular weight excluding hydrogens is 298 g/mol. The van der Waals surface area contributed by atoms with E-state index in [0.717, 1.165) is 16.8 Å². The van der Waals surface area contributed by atoms with Crippen molar-refractivity contribution in [1.82, 2.24) is 0 Å². The van der Waals surface area contributed by atoms with E-state index in [-0.39, 0.29) is 11.8 Å². The van der Waals surface area contributed by atoms with Crippen LogP contribution in [0.4, 0.5) is 5.69 Å². The largest absolute Gasteiger partial charge is 0.381 e. The molecule has 0 aliphatic heterocycles. The van der Waals surface area contributed by atoms with Gasteiger partial charge in [0.15, 0.2) is 5.84 Å². The Morgan fingerprint density at radius 2 is 2.04 bits per heavy atom. The number of nitrogens with zero attached hydrogens (tertiary/aromatic N) is 2. The fourth-order valence-corrected chi connectivity index (χ4v) is 2.25. The van der Waals surface area contributed by atoms with Crippen molar-refractivity contribution in [2.24, 2.45) is 11.0 Å². The van der Waals surface area contributed by atoms with Crippen LogP contribution in [0.5, 0.6) is 0 Å². The van der Waals surface area contributed by atoms with Crippen LogP contribution in [0.3, 0.4) is 0 Å². The highest BCUT2D eigenvalue weighted by atomic mass is 15.0. The Bertz CT molecular complexity index is 787. The fraction of sp³-hybridized carbons (Fsp3) is 0.158. The second kappa shape index (κ2) is 8.39. The third-order valence-electron chi connectivity index (χ3n) is 3.53. The van der Waals surface area contributed by atoms with Gasteiger partial charge in [-0.2, -0.15) is 5.26 Å². The molecule has 0 amide bonds. The van der Waals surface area contributed by atoms with Gasteiger partial charge in [0, 0.05) is 23.4 Å². The van der Waals surface area contributed by atoms with Crippen molar-refractivity contribution in [1.29, 1.82) is 16.2 Å². The Kier molecular flexibility index (Phi) is 5.98. The number of amidine groups is 1. The Balaban J connectivity index is 2.30. The quantitative estimate of drug-likeness (QED) is 0.308. The summed E-state index contributed by atoms with van der Waals surface area (Å²) >= 11 is 0. The van der Waals surface area contributed by atoms with E-state index in [0.29, 0.717) is 12.1 Å². The van der Waals surface area contributed by atoms with Gasteiger partial charge in [0.05, 0.1) is 12.0 Å². The van der Waals surface area contributed by atoms with Crippen molar-refractivity contribution in [2.75, 3.05) is 11.9 Å². The number of nitriles is 1. The van der Waals surface area contributed by atoms with Crippen LogP contribution in [0.2, 0.25) is 0 Å². The molecule has 0 spiro atoms. The van der Waals surface area contributed by atoms with Crippen molar-refractivity contribution in [2.45, 2.75) is 6.92 Å².